The highest BCUT2D eigenvalue weighted by atomic mass is 32.2. The van der Waals surface area contributed by atoms with Crippen molar-refractivity contribution >= 4 is 10.0 Å². The Balaban J connectivity index is 1.61. The number of piperidine rings is 1. The second-order valence-electron chi connectivity index (χ2n) is 5.65. The number of aromatic nitrogens is 3. The summed E-state index contributed by atoms with van der Waals surface area (Å²) in [5.74, 6) is 1.57. The molecule has 9 heteroatoms. The molecule has 3 rings (SSSR count). The van der Waals surface area contributed by atoms with E-state index in [0.717, 1.165) is 18.6 Å². The van der Waals surface area contributed by atoms with Gasteiger partial charge >= 0.3 is 0 Å². The van der Waals surface area contributed by atoms with Crippen molar-refractivity contribution in [3.8, 4) is 11.5 Å². The molecule has 1 N–H and O–H groups in total. The van der Waals surface area contributed by atoms with E-state index in [0.29, 0.717) is 25.4 Å². The SMILES string of the molecule is COc1cccc(OC[C@H]2CCCN(S(=O)(=O)c3ncn[nH]3)C2)c1. The van der Waals surface area contributed by atoms with E-state index in [9.17, 15) is 8.42 Å². The first-order valence-corrected chi connectivity index (χ1v) is 9.16. The van der Waals surface area contributed by atoms with Gasteiger partial charge in [-0.05, 0) is 25.0 Å². The third-order valence-electron chi connectivity index (χ3n) is 3.99. The molecule has 0 saturated carbocycles. The predicted octanol–water partition coefficient (Wildman–Crippen LogP) is 1.29. The average Bonchev–Trinajstić information content (AvgIpc) is 3.16. The van der Waals surface area contributed by atoms with Crippen LogP contribution >= 0.6 is 0 Å². The van der Waals surface area contributed by atoms with Gasteiger partial charge in [0.1, 0.15) is 17.8 Å². The molecule has 1 saturated heterocycles. The summed E-state index contributed by atoms with van der Waals surface area (Å²) in [4.78, 5) is 3.76. The normalized spacial score (nSPS) is 19.1. The summed E-state index contributed by atoms with van der Waals surface area (Å²) >= 11 is 0. The van der Waals surface area contributed by atoms with Gasteiger partial charge in [0.15, 0.2) is 0 Å². The summed E-state index contributed by atoms with van der Waals surface area (Å²) in [5, 5.41) is 5.93. The maximum atomic E-state index is 12.5. The fourth-order valence-electron chi connectivity index (χ4n) is 2.73. The Labute approximate surface area is 140 Å². The van der Waals surface area contributed by atoms with E-state index in [1.807, 2.05) is 24.3 Å². The Morgan fingerprint density at radius 1 is 1.38 bits per heavy atom. The molecule has 1 aromatic heterocycles. The monoisotopic (exact) mass is 352 g/mol. The van der Waals surface area contributed by atoms with Gasteiger partial charge < -0.3 is 9.47 Å². The van der Waals surface area contributed by atoms with Crippen LogP contribution in [0, 0.1) is 5.92 Å². The number of H-pyrrole nitrogens is 1. The molecule has 8 nitrogen and oxygen atoms in total. The zero-order valence-electron chi connectivity index (χ0n) is 13.4. The molecular weight excluding hydrogens is 332 g/mol. The van der Waals surface area contributed by atoms with Crippen molar-refractivity contribution < 1.29 is 17.9 Å². The van der Waals surface area contributed by atoms with Gasteiger partial charge in [0, 0.05) is 25.1 Å². The van der Waals surface area contributed by atoms with E-state index < -0.39 is 10.0 Å². The van der Waals surface area contributed by atoms with Gasteiger partial charge in [-0.25, -0.2) is 18.5 Å². The number of rotatable bonds is 6. The minimum atomic E-state index is -3.62. The molecule has 0 aliphatic carbocycles. The average molecular weight is 352 g/mol. The minimum absolute atomic E-state index is 0.114. The molecule has 0 bridgehead atoms. The van der Waals surface area contributed by atoms with Gasteiger partial charge in [-0.1, -0.05) is 6.07 Å². The minimum Gasteiger partial charge on any atom is -0.497 e. The maximum absolute atomic E-state index is 12.5. The van der Waals surface area contributed by atoms with E-state index in [2.05, 4.69) is 15.2 Å². The fraction of sp³-hybridized carbons (Fsp3) is 0.467. The number of nitrogens with one attached hydrogen (secondary N) is 1. The third kappa shape index (κ3) is 3.68. The number of hydrogen-bond donors (Lipinski definition) is 1. The molecule has 0 radical (unpaired) electrons. The Bertz CT molecular complexity index is 764. The first-order valence-electron chi connectivity index (χ1n) is 7.72. The Morgan fingerprint density at radius 3 is 2.96 bits per heavy atom. The topological polar surface area (TPSA) is 97.4 Å². The van der Waals surface area contributed by atoms with Crippen molar-refractivity contribution in [2.24, 2.45) is 5.92 Å². The molecule has 130 valence electrons. The van der Waals surface area contributed by atoms with Gasteiger partial charge in [0.05, 0.1) is 13.7 Å². The maximum Gasteiger partial charge on any atom is 0.278 e. The van der Waals surface area contributed by atoms with Crippen LogP contribution in [0.1, 0.15) is 12.8 Å². The molecule has 24 heavy (non-hydrogen) atoms. The number of methoxy groups -OCH3 is 1. The molecule has 1 aliphatic heterocycles. The molecule has 2 aromatic rings. The lowest BCUT2D eigenvalue weighted by molar-refractivity contribution is 0.179. The van der Waals surface area contributed by atoms with Gasteiger partial charge in [0.2, 0.25) is 0 Å². The van der Waals surface area contributed by atoms with Crippen LogP contribution in [0.5, 0.6) is 11.5 Å². The van der Waals surface area contributed by atoms with Crippen LogP contribution in [0.3, 0.4) is 0 Å². The van der Waals surface area contributed by atoms with E-state index >= 15 is 0 Å². The quantitative estimate of drug-likeness (QED) is 0.841. The molecule has 1 fully saturated rings. The molecule has 2 heterocycles. The summed E-state index contributed by atoms with van der Waals surface area (Å²) in [6.07, 6.45) is 2.91. The number of aromatic amines is 1. The van der Waals surface area contributed by atoms with Crippen LogP contribution in [0.15, 0.2) is 35.7 Å². The molecule has 0 spiro atoms. The summed E-state index contributed by atoms with van der Waals surface area (Å²) < 4.78 is 37.4. The van der Waals surface area contributed by atoms with Crippen LogP contribution in [-0.4, -0.2) is 54.7 Å². The number of sulfonamides is 1. The van der Waals surface area contributed by atoms with Gasteiger partial charge in [-0.2, -0.15) is 9.40 Å². The van der Waals surface area contributed by atoms with Crippen LogP contribution in [0.2, 0.25) is 0 Å². The van der Waals surface area contributed by atoms with E-state index in [1.165, 1.54) is 10.6 Å². The molecule has 1 aliphatic rings. The lowest BCUT2D eigenvalue weighted by Crippen LogP contribution is -2.41. The van der Waals surface area contributed by atoms with Crippen LogP contribution in [0.25, 0.3) is 0 Å². The largest absolute Gasteiger partial charge is 0.497 e. The van der Waals surface area contributed by atoms with Gasteiger partial charge in [0.25, 0.3) is 15.2 Å². The molecule has 1 aromatic carbocycles. The highest BCUT2D eigenvalue weighted by molar-refractivity contribution is 7.88. The second-order valence-corrected chi connectivity index (χ2v) is 7.51. The van der Waals surface area contributed by atoms with Crippen molar-refractivity contribution in [1.29, 1.82) is 0 Å². The van der Waals surface area contributed by atoms with Crippen LogP contribution in [-0.2, 0) is 10.0 Å². The predicted molar refractivity (Wildman–Crippen MR) is 86.4 cm³/mol. The number of nitrogens with zero attached hydrogens (tertiary/aromatic N) is 3. The van der Waals surface area contributed by atoms with E-state index in [4.69, 9.17) is 9.47 Å². The highest BCUT2D eigenvalue weighted by Gasteiger charge is 2.32. The Hall–Kier alpha value is -2.13. The summed E-state index contributed by atoms with van der Waals surface area (Å²) in [5.41, 5.74) is 0. The Morgan fingerprint density at radius 2 is 2.21 bits per heavy atom. The first-order chi connectivity index (χ1) is 11.6. The van der Waals surface area contributed by atoms with Crippen molar-refractivity contribution in [3.63, 3.8) is 0 Å². The molecule has 0 unspecified atom stereocenters. The number of ether oxygens (including phenoxy) is 2. The zero-order valence-corrected chi connectivity index (χ0v) is 14.2. The van der Waals surface area contributed by atoms with Gasteiger partial charge in [-0.3, -0.25) is 0 Å². The Kier molecular flexibility index (Phi) is 5.00. The fourth-order valence-corrected chi connectivity index (χ4v) is 4.10. The molecular formula is C15H20N4O4S. The van der Waals surface area contributed by atoms with Crippen LogP contribution in [0.4, 0.5) is 0 Å². The molecule has 0 amide bonds. The van der Waals surface area contributed by atoms with Crippen molar-refractivity contribution in [3.05, 3.63) is 30.6 Å². The smallest absolute Gasteiger partial charge is 0.278 e. The first kappa shape index (κ1) is 16.7. The zero-order chi connectivity index (χ0) is 17.0. The lowest BCUT2D eigenvalue weighted by Gasteiger charge is -2.31. The second kappa shape index (κ2) is 7.18. The number of hydrogen-bond acceptors (Lipinski definition) is 6. The highest BCUT2D eigenvalue weighted by Crippen LogP contribution is 2.24. The lowest BCUT2D eigenvalue weighted by atomic mass is 10.0. The third-order valence-corrected chi connectivity index (χ3v) is 5.68. The van der Waals surface area contributed by atoms with Crippen molar-refractivity contribution in [2.75, 3.05) is 26.8 Å². The van der Waals surface area contributed by atoms with Gasteiger partial charge in [-0.15, -0.1) is 0 Å². The summed E-state index contributed by atoms with van der Waals surface area (Å²) in [7, 11) is -2.01. The van der Waals surface area contributed by atoms with Crippen LogP contribution < -0.4 is 9.47 Å². The van der Waals surface area contributed by atoms with Crippen molar-refractivity contribution in [2.45, 2.75) is 18.0 Å². The number of benzene rings is 1. The summed E-state index contributed by atoms with van der Waals surface area (Å²) in [6, 6.07) is 7.37. The van der Waals surface area contributed by atoms with Crippen molar-refractivity contribution in [1.82, 2.24) is 19.5 Å². The van der Waals surface area contributed by atoms with E-state index in [1.54, 1.807) is 7.11 Å². The van der Waals surface area contributed by atoms with E-state index in [-0.39, 0.29) is 11.1 Å². The summed E-state index contributed by atoms with van der Waals surface area (Å²) in [6.45, 7) is 1.35. The molecule has 1 atom stereocenters. The standard InChI is InChI=1S/C15H20N4O4S/c1-22-13-5-2-6-14(8-13)23-10-12-4-3-7-19(9-12)24(20,21)15-16-11-17-18-15/h2,5-6,8,11-12H,3-4,7,9-10H2,1H3,(H,16,17,18)/t12-/m0/s1.